The summed E-state index contributed by atoms with van der Waals surface area (Å²) in [5, 5.41) is 21.4. The van der Waals surface area contributed by atoms with Crippen LogP contribution in [0.25, 0.3) is 0 Å². The van der Waals surface area contributed by atoms with Crippen LogP contribution in [0, 0.1) is 5.82 Å². The largest absolute Gasteiger partial charge is 0.480 e. The van der Waals surface area contributed by atoms with E-state index in [0.717, 1.165) is 17.0 Å². The number of carbonyl (C=O) groups is 3. The second-order valence-corrected chi connectivity index (χ2v) is 5.63. The molecule has 1 aromatic carbocycles. The molecule has 124 valence electrons. The summed E-state index contributed by atoms with van der Waals surface area (Å²) in [6.45, 7) is -0.764. The van der Waals surface area contributed by atoms with E-state index in [-0.39, 0.29) is 24.5 Å². The number of rotatable bonds is 5. The van der Waals surface area contributed by atoms with Gasteiger partial charge in [-0.2, -0.15) is 0 Å². The van der Waals surface area contributed by atoms with Gasteiger partial charge in [0.25, 0.3) is 11.8 Å². The molecule has 0 radical (unpaired) electrons. The minimum atomic E-state index is -2.31. The molecule has 1 heterocycles. The second kappa shape index (κ2) is 6.51. The number of hydrogen-bond acceptors (Lipinski definition) is 4. The van der Waals surface area contributed by atoms with Crippen LogP contribution in [0.2, 0.25) is 5.02 Å². The molecule has 3 N–H and O–H groups in total. The molecule has 0 aliphatic carbocycles. The normalized spacial score (nSPS) is 20.7. The van der Waals surface area contributed by atoms with Gasteiger partial charge in [-0.1, -0.05) is 11.6 Å². The highest BCUT2D eigenvalue weighted by atomic mass is 35.5. The lowest BCUT2D eigenvalue weighted by Gasteiger charge is -2.20. The molecule has 7 nitrogen and oxygen atoms in total. The number of aliphatic carboxylic acids is 1. The smallest absolute Gasteiger partial charge is 0.323 e. The monoisotopic (exact) mass is 344 g/mol. The molecule has 23 heavy (non-hydrogen) atoms. The number of amides is 2. The first-order valence-electron chi connectivity index (χ1n) is 6.69. The number of nitrogens with zero attached hydrogens (tertiary/aromatic N) is 1. The molecule has 1 unspecified atom stereocenters. The highest BCUT2D eigenvalue weighted by Gasteiger charge is 2.51. The maximum Gasteiger partial charge on any atom is 0.323 e. The van der Waals surface area contributed by atoms with E-state index in [9.17, 15) is 23.9 Å². The lowest BCUT2D eigenvalue weighted by Crippen LogP contribution is -2.52. The lowest BCUT2D eigenvalue weighted by molar-refractivity contribution is -0.156. The highest BCUT2D eigenvalue weighted by molar-refractivity contribution is 6.30. The first kappa shape index (κ1) is 17.2. The molecule has 2 rings (SSSR count). The third-order valence-electron chi connectivity index (χ3n) is 3.46. The van der Waals surface area contributed by atoms with Crippen molar-refractivity contribution in [2.24, 2.45) is 0 Å². The Hall–Kier alpha value is -2.19. The van der Waals surface area contributed by atoms with E-state index in [1.54, 1.807) is 0 Å². The maximum absolute atomic E-state index is 13.2. The van der Waals surface area contributed by atoms with Crippen molar-refractivity contribution in [1.29, 1.82) is 0 Å². The van der Waals surface area contributed by atoms with Crippen LogP contribution in [0.1, 0.15) is 12.0 Å². The van der Waals surface area contributed by atoms with Crippen molar-refractivity contribution in [2.45, 2.75) is 18.6 Å². The first-order valence-corrected chi connectivity index (χ1v) is 7.07. The molecule has 1 saturated heterocycles. The molecule has 1 atom stereocenters. The molecule has 0 spiro atoms. The Morgan fingerprint density at radius 3 is 2.70 bits per heavy atom. The minimum Gasteiger partial charge on any atom is -0.480 e. The van der Waals surface area contributed by atoms with Gasteiger partial charge in [0.1, 0.15) is 12.4 Å². The fourth-order valence-corrected chi connectivity index (χ4v) is 2.58. The van der Waals surface area contributed by atoms with Gasteiger partial charge in [0.2, 0.25) is 5.60 Å². The predicted octanol–water partition coefficient (Wildman–Crippen LogP) is 0.143. The Morgan fingerprint density at radius 2 is 2.09 bits per heavy atom. The van der Waals surface area contributed by atoms with E-state index in [1.165, 1.54) is 6.07 Å². The van der Waals surface area contributed by atoms with E-state index in [1.807, 2.05) is 0 Å². The number of aliphatic hydroxyl groups is 1. The Kier molecular flexibility index (Phi) is 4.86. The van der Waals surface area contributed by atoms with Crippen LogP contribution in [0.15, 0.2) is 18.2 Å². The molecule has 2 amide bonds. The zero-order valence-corrected chi connectivity index (χ0v) is 12.6. The van der Waals surface area contributed by atoms with Gasteiger partial charge in [0.15, 0.2) is 0 Å². The van der Waals surface area contributed by atoms with Gasteiger partial charge in [-0.25, -0.2) is 4.39 Å². The number of hydrogen-bond donors (Lipinski definition) is 3. The summed E-state index contributed by atoms with van der Waals surface area (Å²) in [7, 11) is 0. The Morgan fingerprint density at radius 1 is 1.39 bits per heavy atom. The first-order chi connectivity index (χ1) is 10.7. The van der Waals surface area contributed by atoms with Crippen molar-refractivity contribution in [3.05, 3.63) is 34.6 Å². The second-order valence-electron chi connectivity index (χ2n) is 5.19. The molecule has 1 aliphatic heterocycles. The third-order valence-corrected chi connectivity index (χ3v) is 3.68. The SMILES string of the molecule is O=C(O)CN1CCC(O)(C(=O)NCc2cc(F)cc(Cl)c2)C1=O. The van der Waals surface area contributed by atoms with Gasteiger partial charge >= 0.3 is 5.97 Å². The highest BCUT2D eigenvalue weighted by Crippen LogP contribution is 2.23. The van der Waals surface area contributed by atoms with Crippen molar-refractivity contribution in [2.75, 3.05) is 13.1 Å². The maximum atomic E-state index is 13.2. The van der Waals surface area contributed by atoms with Crippen LogP contribution in [-0.4, -0.2) is 51.6 Å². The molecule has 1 aliphatic rings. The van der Waals surface area contributed by atoms with Crippen LogP contribution >= 0.6 is 11.6 Å². The van der Waals surface area contributed by atoms with Crippen molar-refractivity contribution in [3.63, 3.8) is 0 Å². The molecule has 1 fully saturated rings. The topological polar surface area (TPSA) is 107 Å². The van der Waals surface area contributed by atoms with Crippen LogP contribution in [0.3, 0.4) is 0 Å². The van der Waals surface area contributed by atoms with Crippen molar-refractivity contribution < 1.29 is 29.0 Å². The molecule has 0 bridgehead atoms. The van der Waals surface area contributed by atoms with Crippen molar-refractivity contribution in [3.8, 4) is 0 Å². The van der Waals surface area contributed by atoms with E-state index in [4.69, 9.17) is 16.7 Å². The van der Waals surface area contributed by atoms with Crippen LogP contribution in [0.4, 0.5) is 4.39 Å². The number of carboxylic acids is 1. The van der Waals surface area contributed by atoms with Gasteiger partial charge < -0.3 is 20.4 Å². The van der Waals surface area contributed by atoms with Crippen LogP contribution < -0.4 is 5.32 Å². The molecule has 0 saturated carbocycles. The minimum absolute atomic E-state index is 0.0408. The Bertz CT molecular complexity index is 648. The predicted molar refractivity (Wildman–Crippen MR) is 77.0 cm³/mol. The summed E-state index contributed by atoms with van der Waals surface area (Å²) in [5.41, 5.74) is -1.95. The molecule has 0 aromatic heterocycles. The van der Waals surface area contributed by atoms with Gasteiger partial charge in [0.05, 0.1) is 0 Å². The van der Waals surface area contributed by atoms with Gasteiger partial charge in [-0.3, -0.25) is 14.4 Å². The lowest BCUT2D eigenvalue weighted by atomic mass is 10.0. The number of carbonyl (C=O) groups excluding carboxylic acids is 2. The summed E-state index contributed by atoms with van der Waals surface area (Å²) < 4.78 is 13.2. The number of likely N-dealkylation sites (tertiary alicyclic amines) is 1. The van der Waals surface area contributed by atoms with E-state index in [0.29, 0.717) is 5.56 Å². The summed E-state index contributed by atoms with van der Waals surface area (Å²) in [4.78, 5) is 35.6. The standard InChI is InChI=1S/C14H14ClFN2O5/c15-9-3-8(4-10(16)5-9)6-17-12(21)14(23)1-2-18(13(14)22)7-11(19)20/h3-5,23H,1-2,6-7H2,(H,17,21)(H,19,20). The Balaban J connectivity index is 2.02. The summed E-state index contributed by atoms with van der Waals surface area (Å²) in [6.07, 6.45) is -0.213. The average Bonchev–Trinajstić information content (AvgIpc) is 2.73. The fourth-order valence-electron chi connectivity index (χ4n) is 2.33. The van der Waals surface area contributed by atoms with Gasteiger partial charge in [-0.05, 0) is 23.8 Å². The number of nitrogens with one attached hydrogen (secondary N) is 1. The van der Waals surface area contributed by atoms with Crippen LogP contribution in [-0.2, 0) is 20.9 Å². The summed E-state index contributed by atoms with van der Waals surface area (Å²) in [6, 6.07) is 3.69. The molecule has 1 aromatic rings. The van der Waals surface area contributed by atoms with E-state index < -0.39 is 35.7 Å². The number of benzene rings is 1. The quantitative estimate of drug-likeness (QED) is 0.659. The van der Waals surface area contributed by atoms with Gasteiger partial charge in [0, 0.05) is 24.5 Å². The summed E-state index contributed by atoms with van der Waals surface area (Å²) >= 11 is 5.69. The fraction of sp³-hybridized carbons (Fsp3) is 0.357. The molecular formula is C14H14ClFN2O5. The van der Waals surface area contributed by atoms with Crippen molar-refractivity contribution in [1.82, 2.24) is 10.2 Å². The summed E-state index contributed by atoms with van der Waals surface area (Å²) in [5.74, 6) is -3.74. The van der Waals surface area contributed by atoms with E-state index in [2.05, 4.69) is 5.32 Å². The van der Waals surface area contributed by atoms with Gasteiger partial charge in [-0.15, -0.1) is 0 Å². The zero-order valence-electron chi connectivity index (χ0n) is 11.9. The number of carboxylic acid groups (broad SMARTS) is 1. The van der Waals surface area contributed by atoms with Crippen LogP contribution in [0.5, 0.6) is 0 Å². The third kappa shape index (κ3) is 3.77. The molecular weight excluding hydrogens is 331 g/mol. The number of halogens is 2. The Labute approximate surface area is 135 Å². The van der Waals surface area contributed by atoms with Crippen molar-refractivity contribution >= 4 is 29.4 Å². The molecule has 9 heteroatoms. The van der Waals surface area contributed by atoms with E-state index >= 15 is 0 Å². The average molecular weight is 345 g/mol. The zero-order chi connectivity index (χ0) is 17.2.